The molecule has 10 heteroatoms. The molecule has 4 rings (SSSR count). The zero-order valence-corrected chi connectivity index (χ0v) is 16.2. The van der Waals surface area contributed by atoms with Crippen molar-refractivity contribution in [3.63, 3.8) is 0 Å². The highest BCUT2D eigenvalue weighted by atomic mass is 19.4. The average Bonchev–Trinajstić information content (AvgIpc) is 2.60. The molecule has 0 saturated heterocycles. The predicted molar refractivity (Wildman–Crippen MR) is 94.7 cm³/mol. The lowest BCUT2D eigenvalue weighted by molar-refractivity contribution is -0.214. The number of carbonyl (C=O) groups excluding carboxylic acids is 2. The third-order valence-corrected chi connectivity index (χ3v) is 5.44. The van der Waals surface area contributed by atoms with Crippen molar-refractivity contribution in [2.24, 2.45) is 5.41 Å². The zero-order chi connectivity index (χ0) is 21.4. The Morgan fingerprint density at radius 1 is 1.34 bits per heavy atom. The van der Waals surface area contributed by atoms with Crippen LogP contribution in [0.15, 0.2) is 18.3 Å². The highest BCUT2D eigenvalue weighted by molar-refractivity contribution is 5.87. The third kappa shape index (κ3) is 4.45. The van der Waals surface area contributed by atoms with Gasteiger partial charge in [0.15, 0.2) is 6.61 Å². The summed E-state index contributed by atoms with van der Waals surface area (Å²) < 4.78 is 56.8. The molecule has 0 spiro atoms. The first-order valence-corrected chi connectivity index (χ1v) is 9.40. The summed E-state index contributed by atoms with van der Waals surface area (Å²) in [6.07, 6.45) is -2.86. The van der Waals surface area contributed by atoms with E-state index in [0.717, 1.165) is 12.3 Å². The number of rotatable bonds is 8. The number of amides is 2. The number of hydrogen-bond acceptors (Lipinski definition) is 4. The van der Waals surface area contributed by atoms with Gasteiger partial charge >= 0.3 is 6.18 Å². The van der Waals surface area contributed by atoms with Crippen LogP contribution in [-0.4, -0.2) is 53.1 Å². The van der Waals surface area contributed by atoms with Gasteiger partial charge in [-0.25, -0.2) is 4.39 Å². The highest BCUT2D eigenvalue weighted by Crippen LogP contribution is 2.69. The Labute approximate surface area is 165 Å². The molecule has 160 valence electrons. The Morgan fingerprint density at radius 2 is 2.00 bits per heavy atom. The third-order valence-electron chi connectivity index (χ3n) is 5.44. The Morgan fingerprint density at radius 3 is 2.55 bits per heavy atom. The number of ether oxygens (including phenoxy) is 1. The van der Waals surface area contributed by atoms with E-state index >= 15 is 0 Å². The lowest BCUT2D eigenvalue weighted by atomic mass is 9.42. The normalized spacial score (nSPS) is 26.0. The minimum absolute atomic E-state index is 0.109. The minimum atomic E-state index is -4.60. The van der Waals surface area contributed by atoms with Crippen LogP contribution >= 0.6 is 0 Å². The summed E-state index contributed by atoms with van der Waals surface area (Å²) in [7, 11) is 0. The van der Waals surface area contributed by atoms with Gasteiger partial charge < -0.3 is 15.0 Å². The first kappa shape index (κ1) is 21.3. The summed E-state index contributed by atoms with van der Waals surface area (Å²) in [5.41, 5.74) is -2.86. The molecule has 1 unspecified atom stereocenters. The molecular weight excluding hydrogens is 394 g/mol. The fourth-order valence-corrected chi connectivity index (χ4v) is 3.96. The smallest absolute Gasteiger partial charge is 0.433 e. The van der Waals surface area contributed by atoms with Crippen molar-refractivity contribution >= 4 is 11.8 Å². The van der Waals surface area contributed by atoms with Gasteiger partial charge in [0.1, 0.15) is 17.1 Å². The molecule has 3 saturated carbocycles. The van der Waals surface area contributed by atoms with E-state index in [-0.39, 0.29) is 43.5 Å². The highest BCUT2D eigenvalue weighted by Gasteiger charge is 2.72. The molecule has 3 aliphatic carbocycles. The van der Waals surface area contributed by atoms with Crippen molar-refractivity contribution in [2.45, 2.75) is 51.0 Å². The van der Waals surface area contributed by atoms with Gasteiger partial charge in [0.2, 0.25) is 5.91 Å². The second kappa shape index (κ2) is 7.46. The molecule has 1 N–H and O–H groups in total. The van der Waals surface area contributed by atoms with Gasteiger partial charge in [-0.1, -0.05) is 0 Å². The van der Waals surface area contributed by atoms with Crippen molar-refractivity contribution < 1.29 is 31.9 Å². The molecule has 2 amide bonds. The van der Waals surface area contributed by atoms with Crippen LogP contribution in [0.4, 0.5) is 17.6 Å². The molecule has 3 aliphatic rings. The van der Waals surface area contributed by atoms with Crippen molar-refractivity contribution in [1.29, 1.82) is 0 Å². The number of halogens is 4. The maximum Gasteiger partial charge on any atom is 0.433 e. The quantitative estimate of drug-likeness (QED) is 0.661. The second-order valence-corrected chi connectivity index (χ2v) is 7.93. The first-order chi connectivity index (χ1) is 13.5. The molecule has 0 aliphatic heterocycles. The molecule has 0 radical (unpaired) electrons. The number of pyridine rings is 1. The van der Waals surface area contributed by atoms with Crippen molar-refractivity contribution in [1.82, 2.24) is 15.2 Å². The van der Waals surface area contributed by atoms with Gasteiger partial charge in [0.25, 0.3) is 5.91 Å². The van der Waals surface area contributed by atoms with Crippen LogP contribution in [-0.2, 0) is 15.8 Å². The van der Waals surface area contributed by atoms with Gasteiger partial charge in [0, 0.05) is 31.4 Å². The summed E-state index contributed by atoms with van der Waals surface area (Å²) in [5.74, 6) is -0.727. The van der Waals surface area contributed by atoms with E-state index in [0.29, 0.717) is 6.54 Å². The topological polar surface area (TPSA) is 71.5 Å². The van der Waals surface area contributed by atoms with Crippen LogP contribution in [0.25, 0.3) is 0 Å². The lowest BCUT2D eigenvalue weighted by Crippen LogP contribution is -2.70. The van der Waals surface area contributed by atoms with Gasteiger partial charge in [-0.15, -0.1) is 0 Å². The van der Waals surface area contributed by atoms with Crippen LogP contribution in [0, 0.1) is 5.41 Å². The first-order valence-electron chi connectivity index (χ1n) is 9.40. The lowest BCUT2D eigenvalue weighted by Gasteiger charge is -2.64. The number of alkyl halides is 4. The van der Waals surface area contributed by atoms with Crippen molar-refractivity contribution in [3.8, 4) is 5.75 Å². The van der Waals surface area contributed by atoms with Crippen molar-refractivity contribution in [3.05, 3.63) is 24.0 Å². The SMILES string of the molecule is CCN(CC(C)NC(=O)C12CC(F)(C1)C2)C(=O)COc1ccnc(C(F)(F)F)c1. The van der Waals surface area contributed by atoms with E-state index < -0.39 is 35.5 Å². The summed E-state index contributed by atoms with van der Waals surface area (Å²) in [5, 5.41) is 2.82. The Hall–Kier alpha value is -2.39. The maximum absolute atomic E-state index is 13.6. The Kier molecular flexibility index (Phi) is 5.48. The van der Waals surface area contributed by atoms with E-state index in [2.05, 4.69) is 10.3 Å². The fourth-order valence-electron chi connectivity index (χ4n) is 3.96. The summed E-state index contributed by atoms with van der Waals surface area (Å²) >= 11 is 0. The molecule has 3 fully saturated rings. The van der Waals surface area contributed by atoms with Crippen LogP contribution in [0.5, 0.6) is 5.75 Å². The predicted octanol–water partition coefficient (Wildman–Crippen LogP) is 2.72. The van der Waals surface area contributed by atoms with Crippen LogP contribution in [0.1, 0.15) is 38.8 Å². The summed E-state index contributed by atoms with van der Waals surface area (Å²) in [6, 6.07) is 1.62. The molecule has 1 heterocycles. The number of likely N-dealkylation sites (N-methyl/N-ethyl adjacent to an activating group) is 1. The molecular formula is C19H23F4N3O3. The molecule has 1 aromatic heterocycles. The number of carbonyl (C=O) groups is 2. The fraction of sp³-hybridized carbons (Fsp3) is 0.632. The monoisotopic (exact) mass is 417 g/mol. The largest absolute Gasteiger partial charge is 0.484 e. The molecule has 1 atom stereocenters. The van der Waals surface area contributed by atoms with E-state index in [4.69, 9.17) is 4.74 Å². The van der Waals surface area contributed by atoms with Gasteiger partial charge in [-0.2, -0.15) is 13.2 Å². The number of nitrogens with zero attached hydrogens (tertiary/aromatic N) is 2. The Balaban J connectivity index is 1.48. The number of aromatic nitrogens is 1. The van der Waals surface area contributed by atoms with Crippen molar-refractivity contribution in [2.75, 3.05) is 19.7 Å². The minimum Gasteiger partial charge on any atom is -0.484 e. The van der Waals surface area contributed by atoms with Crippen LogP contribution in [0.3, 0.4) is 0 Å². The van der Waals surface area contributed by atoms with Gasteiger partial charge in [0.05, 0.1) is 5.41 Å². The maximum atomic E-state index is 13.6. The molecule has 2 bridgehead atoms. The van der Waals surface area contributed by atoms with E-state index in [1.165, 1.54) is 11.0 Å². The second-order valence-electron chi connectivity index (χ2n) is 7.93. The van der Waals surface area contributed by atoms with Gasteiger partial charge in [-0.05, 0) is 39.2 Å². The molecule has 0 aromatic carbocycles. The standard InChI is InChI=1S/C19H23F4N3O3/c1-3-26(7-12(2)25-16(28)17-9-18(20,10-17)11-17)15(27)8-29-13-4-5-24-14(6-13)19(21,22)23/h4-6,12H,3,7-11H2,1-2H3,(H,25,28). The number of hydrogen-bond donors (Lipinski definition) is 1. The summed E-state index contributed by atoms with van der Waals surface area (Å²) in [4.78, 5) is 29.3. The molecule has 1 aromatic rings. The molecule has 6 nitrogen and oxygen atoms in total. The van der Waals surface area contributed by atoms with Crippen LogP contribution < -0.4 is 10.1 Å². The molecule has 29 heavy (non-hydrogen) atoms. The summed E-state index contributed by atoms with van der Waals surface area (Å²) in [6.45, 7) is 3.60. The van der Waals surface area contributed by atoms with E-state index in [1.807, 2.05) is 0 Å². The van der Waals surface area contributed by atoms with Gasteiger partial charge in [-0.3, -0.25) is 14.6 Å². The number of nitrogens with one attached hydrogen (secondary N) is 1. The Bertz CT molecular complexity index is 779. The average molecular weight is 417 g/mol. The zero-order valence-electron chi connectivity index (χ0n) is 16.2. The van der Waals surface area contributed by atoms with E-state index in [9.17, 15) is 27.2 Å². The van der Waals surface area contributed by atoms with E-state index in [1.54, 1.807) is 13.8 Å². The van der Waals surface area contributed by atoms with Crippen LogP contribution in [0.2, 0.25) is 0 Å².